The van der Waals surface area contributed by atoms with E-state index in [9.17, 15) is 13.2 Å². The number of carbonyl (C=O) groups excluding carboxylic acids is 1. The van der Waals surface area contributed by atoms with Crippen LogP contribution in [0.1, 0.15) is 19.8 Å². The molecule has 2 heterocycles. The number of rotatable bonds is 4. The van der Waals surface area contributed by atoms with E-state index in [-0.39, 0.29) is 4.90 Å². The van der Waals surface area contributed by atoms with Crippen LogP contribution in [0.2, 0.25) is 5.02 Å². The van der Waals surface area contributed by atoms with Gasteiger partial charge in [0.2, 0.25) is 10.0 Å². The van der Waals surface area contributed by atoms with Crippen molar-refractivity contribution in [2.24, 2.45) is 4.99 Å². The normalized spacial score (nSPS) is 17.9. The molecule has 4 aromatic rings. The molecule has 0 radical (unpaired) electrons. The molecular weight excluding hydrogens is 478 g/mol. The molecule has 1 aliphatic rings. The molecule has 9 heteroatoms. The summed E-state index contributed by atoms with van der Waals surface area (Å²) in [6.45, 7) is 2.96. The summed E-state index contributed by atoms with van der Waals surface area (Å²) < 4.78 is 30.8. The molecule has 5 rings (SSSR count). The summed E-state index contributed by atoms with van der Waals surface area (Å²) in [6.07, 6.45) is 1.07. The molecule has 1 amide bonds. The van der Waals surface area contributed by atoms with E-state index in [0.717, 1.165) is 21.0 Å². The summed E-state index contributed by atoms with van der Waals surface area (Å²) in [7, 11) is -3.82. The van der Waals surface area contributed by atoms with Gasteiger partial charge in [0, 0.05) is 23.5 Å². The minimum Gasteiger partial charge on any atom is -0.317 e. The van der Waals surface area contributed by atoms with E-state index in [1.54, 1.807) is 0 Å². The van der Waals surface area contributed by atoms with E-state index >= 15 is 0 Å². The van der Waals surface area contributed by atoms with Gasteiger partial charge in [-0.25, -0.2) is 8.42 Å². The maximum atomic E-state index is 13.3. The Hall–Kier alpha value is -2.52. The van der Waals surface area contributed by atoms with Crippen LogP contribution in [0.25, 0.3) is 21.0 Å². The Balaban J connectivity index is 1.56. The first kappa shape index (κ1) is 22.3. The maximum Gasteiger partial charge on any atom is 0.266 e. The smallest absolute Gasteiger partial charge is 0.266 e. The molecule has 0 spiro atoms. The van der Waals surface area contributed by atoms with Gasteiger partial charge >= 0.3 is 0 Å². The van der Waals surface area contributed by atoms with Crippen molar-refractivity contribution < 1.29 is 13.2 Å². The number of fused-ring (bicyclic) bond motifs is 3. The van der Waals surface area contributed by atoms with Gasteiger partial charge in [0.05, 0.1) is 15.1 Å². The first-order chi connectivity index (χ1) is 15.9. The van der Waals surface area contributed by atoms with E-state index in [1.807, 2.05) is 29.7 Å². The van der Waals surface area contributed by atoms with Crippen molar-refractivity contribution >= 4 is 59.9 Å². The third-order valence-electron chi connectivity index (χ3n) is 6.00. The lowest BCUT2D eigenvalue weighted by Crippen LogP contribution is -2.40. The fourth-order valence-electron chi connectivity index (χ4n) is 4.37. The van der Waals surface area contributed by atoms with E-state index in [0.29, 0.717) is 35.8 Å². The van der Waals surface area contributed by atoms with Crippen LogP contribution >= 0.6 is 22.9 Å². The Labute approximate surface area is 200 Å². The minimum absolute atomic E-state index is 0.128. The fourth-order valence-corrected chi connectivity index (χ4v) is 7.39. The molecule has 1 aliphatic heterocycles. The van der Waals surface area contributed by atoms with Crippen LogP contribution in [-0.2, 0) is 21.4 Å². The Kier molecular flexibility index (Phi) is 5.86. The van der Waals surface area contributed by atoms with Crippen LogP contribution in [0.15, 0.2) is 70.6 Å². The molecule has 0 bridgehead atoms. The highest BCUT2D eigenvalue weighted by atomic mass is 35.5. The largest absolute Gasteiger partial charge is 0.317 e. The number of hydrogen-bond acceptors (Lipinski definition) is 4. The van der Waals surface area contributed by atoms with E-state index in [4.69, 9.17) is 11.6 Å². The highest BCUT2D eigenvalue weighted by Gasteiger charge is 2.39. The summed E-state index contributed by atoms with van der Waals surface area (Å²) >= 11 is 7.38. The molecule has 1 atom stereocenters. The van der Waals surface area contributed by atoms with Gasteiger partial charge in [-0.1, -0.05) is 53.3 Å². The predicted octanol–water partition coefficient (Wildman–Crippen LogP) is 4.81. The zero-order chi connectivity index (χ0) is 23.2. The van der Waals surface area contributed by atoms with Crippen molar-refractivity contribution in [2.45, 2.75) is 37.2 Å². The van der Waals surface area contributed by atoms with Crippen LogP contribution in [-0.4, -0.2) is 35.8 Å². The van der Waals surface area contributed by atoms with Crippen molar-refractivity contribution in [3.63, 3.8) is 0 Å². The Morgan fingerprint density at radius 2 is 1.88 bits per heavy atom. The number of benzene rings is 3. The maximum absolute atomic E-state index is 13.3. The molecular formula is C24H22ClN3O3S2. The second kappa shape index (κ2) is 8.68. The number of carbonyl (C=O) groups is 1. The Morgan fingerprint density at radius 3 is 2.64 bits per heavy atom. The average molecular weight is 500 g/mol. The topological polar surface area (TPSA) is 71.7 Å². The summed E-state index contributed by atoms with van der Waals surface area (Å²) in [5.41, 5.74) is 1.02. The predicted molar refractivity (Wildman–Crippen MR) is 132 cm³/mol. The van der Waals surface area contributed by atoms with Gasteiger partial charge in [-0.3, -0.25) is 4.79 Å². The lowest BCUT2D eigenvalue weighted by Gasteiger charge is -2.21. The minimum atomic E-state index is -3.82. The summed E-state index contributed by atoms with van der Waals surface area (Å²) in [6, 6.07) is 17.5. The van der Waals surface area contributed by atoms with Crippen LogP contribution in [0.4, 0.5) is 0 Å². The fraction of sp³-hybridized carbons (Fsp3) is 0.250. The van der Waals surface area contributed by atoms with E-state index in [2.05, 4.69) is 23.2 Å². The number of aryl methyl sites for hydroxylation is 1. The van der Waals surface area contributed by atoms with Crippen LogP contribution in [0.3, 0.4) is 0 Å². The number of hydrogen-bond donors (Lipinski definition) is 0. The van der Waals surface area contributed by atoms with Gasteiger partial charge in [-0.2, -0.15) is 9.30 Å². The lowest BCUT2D eigenvalue weighted by atomic mass is 10.1. The summed E-state index contributed by atoms with van der Waals surface area (Å²) in [4.78, 5) is 18.4. The first-order valence-electron chi connectivity index (χ1n) is 10.8. The van der Waals surface area contributed by atoms with Gasteiger partial charge in [0.25, 0.3) is 5.91 Å². The van der Waals surface area contributed by atoms with Gasteiger partial charge in [-0.05, 0) is 55.5 Å². The summed E-state index contributed by atoms with van der Waals surface area (Å²) in [5, 5.41) is 2.70. The molecule has 1 aromatic heterocycles. The molecule has 170 valence electrons. The number of aromatic nitrogens is 1. The zero-order valence-corrected chi connectivity index (χ0v) is 20.3. The van der Waals surface area contributed by atoms with Crippen molar-refractivity contribution in [2.75, 3.05) is 6.54 Å². The highest BCUT2D eigenvalue weighted by Crippen LogP contribution is 2.29. The third kappa shape index (κ3) is 3.91. The van der Waals surface area contributed by atoms with Gasteiger partial charge < -0.3 is 4.57 Å². The van der Waals surface area contributed by atoms with Crippen molar-refractivity contribution in [3.8, 4) is 0 Å². The molecule has 0 aliphatic carbocycles. The second-order valence-electron chi connectivity index (χ2n) is 7.94. The zero-order valence-electron chi connectivity index (χ0n) is 17.9. The number of halogens is 1. The molecule has 1 fully saturated rings. The van der Waals surface area contributed by atoms with Crippen molar-refractivity contribution in [1.82, 2.24) is 8.87 Å². The molecule has 0 saturated carbocycles. The van der Waals surface area contributed by atoms with Crippen molar-refractivity contribution in [3.05, 3.63) is 70.5 Å². The summed E-state index contributed by atoms with van der Waals surface area (Å²) in [5.74, 6) is -0.428. The quantitative estimate of drug-likeness (QED) is 0.404. The standard InChI is InChI=1S/C24H22ClN3O3S2/c1-2-27-20-14-9-16-6-3-4-7-19(16)22(20)32-24(27)26-23(29)21-8-5-15-28(21)33(30,31)18-12-10-17(25)11-13-18/h3-4,6-7,9-14,21H,2,5,8,15H2,1H3. The molecule has 3 aromatic carbocycles. The second-order valence-corrected chi connectivity index (χ2v) is 11.2. The molecule has 1 unspecified atom stereocenters. The Morgan fingerprint density at radius 1 is 1.12 bits per heavy atom. The van der Waals surface area contributed by atoms with Gasteiger partial charge in [-0.15, -0.1) is 0 Å². The lowest BCUT2D eigenvalue weighted by molar-refractivity contribution is -0.121. The van der Waals surface area contributed by atoms with Crippen LogP contribution in [0, 0.1) is 0 Å². The first-order valence-corrected chi connectivity index (χ1v) is 13.4. The van der Waals surface area contributed by atoms with E-state index in [1.165, 1.54) is 39.9 Å². The van der Waals surface area contributed by atoms with Crippen LogP contribution in [0.5, 0.6) is 0 Å². The number of amides is 1. The van der Waals surface area contributed by atoms with Gasteiger partial charge in [0.1, 0.15) is 6.04 Å². The molecule has 1 saturated heterocycles. The third-order valence-corrected chi connectivity index (χ3v) is 9.31. The molecule has 6 nitrogen and oxygen atoms in total. The molecule has 33 heavy (non-hydrogen) atoms. The van der Waals surface area contributed by atoms with Gasteiger partial charge in [0.15, 0.2) is 4.80 Å². The average Bonchev–Trinajstić information content (AvgIpc) is 3.44. The Bertz CT molecular complexity index is 1540. The highest BCUT2D eigenvalue weighted by molar-refractivity contribution is 7.89. The van der Waals surface area contributed by atoms with Crippen molar-refractivity contribution in [1.29, 1.82) is 0 Å². The molecule has 0 N–H and O–H groups in total. The number of thiazole rings is 1. The SMILES string of the molecule is CCn1c(=NC(=O)C2CCCN2S(=O)(=O)c2ccc(Cl)cc2)sc2c3ccccc3ccc21. The van der Waals surface area contributed by atoms with E-state index < -0.39 is 22.0 Å². The van der Waals surface area contributed by atoms with Crippen LogP contribution < -0.4 is 4.80 Å². The number of sulfonamides is 1. The monoisotopic (exact) mass is 499 g/mol. The number of nitrogens with zero attached hydrogens (tertiary/aromatic N) is 3.